The fourth-order valence-corrected chi connectivity index (χ4v) is 3.51. The molecule has 4 rings (SSSR count). The molecular formula is C24H23N3O4. The van der Waals surface area contributed by atoms with Crippen molar-refractivity contribution in [3.05, 3.63) is 83.8 Å². The van der Waals surface area contributed by atoms with Crippen molar-refractivity contribution in [2.24, 2.45) is 5.10 Å². The van der Waals surface area contributed by atoms with E-state index in [4.69, 9.17) is 9.15 Å². The lowest BCUT2D eigenvalue weighted by Gasteiger charge is -2.20. The summed E-state index contributed by atoms with van der Waals surface area (Å²) in [7, 11) is 1.62. The maximum Gasteiger partial charge on any atom is 0.262 e. The summed E-state index contributed by atoms with van der Waals surface area (Å²) in [5, 5.41) is 9.18. The van der Waals surface area contributed by atoms with Crippen LogP contribution in [0, 0.1) is 0 Å². The molecule has 7 heteroatoms. The molecule has 1 aliphatic rings. The normalized spacial score (nSPS) is 15.5. The smallest absolute Gasteiger partial charge is 0.262 e. The Kier molecular flexibility index (Phi) is 5.84. The molecule has 0 unspecified atom stereocenters. The van der Waals surface area contributed by atoms with E-state index in [1.807, 2.05) is 36.4 Å². The minimum absolute atomic E-state index is 0.0267. The topological polar surface area (TPSA) is 84.1 Å². The van der Waals surface area contributed by atoms with Crippen LogP contribution in [-0.2, 0) is 4.79 Å². The van der Waals surface area contributed by atoms with Crippen LogP contribution in [0.4, 0.5) is 5.69 Å². The number of nitrogens with one attached hydrogen (secondary N) is 1. The van der Waals surface area contributed by atoms with Crippen LogP contribution in [0.25, 0.3) is 0 Å². The van der Waals surface area contributed by atoms with Gasteiger partial charge in [0.15, 0.2) is 5.78 Å². The summed E-state index contributed by atoms with van der Waals surface area (Å²) in [6.45, 7) is 1.55. The first-order chi connectivity index (χ1) is 15.0. The third kappa shape index (κ3) is 4.50. The van der Waals surface area contributed by atoms with Gasteiger partial charge >= 0.3 is 0 Å². The number of carbonyl (C=O) groups excluding carboxylic acids is 2. The van der Waals surface area contributed by atoms with Crippen molar-refractivity contribution in [2.75, 3.05) is 19.0 Å². The Hall–Kier alpha value is -3.87. The molecular weight excluding hydrogens is 394 g/mol. The number of Topliss-reactive ketones (excluding diaryl/α,β-unsaturated/α-hetero) is 1. The van der Waals surface area contributed by atoms with Crippen molar-refractivity contribution in [3.63, 3.8) is 0 Å². The molecule has 1 amide bonds. The van der Waals surface area contributed by atoms with Crippen molar-refractivity contribution in [1.82, 2.24) is 5.01 Å². The zero-order chi connectivity index (χ0) is 21.8. The maximum absolute atomic E-state index is 13.0. The summed E-state index contributed by atoms with van der Waals surface area (Å²) in [5.41, 5.74) is 3.02. The van der Waals surface area contributed by atoms with Crippen molar-refractivity contribution >= 4 is 23.1 Å². The number of ketones is 1. The van der Waals surface area contributed by atoms with Crippen LogP contribution in [0.15, 0.2) is 76.4 Å². The van der Waals surface area contributed by atoms with Crippen LogP contribution in [0.3, 0.4) is 0 Å². The van der Waals surface area contributed by atoms with E-state index in [1.54, 1.807) is 37.6 Å². The number of furan rings is 1. The summed E-state index contributed by atoms with van der Waals surface area (Å²) < 4.78 is 10.8. The van der Waals surface area contributed by atoms with E-state index in [0.717, 1.165) is 17.0 Å². The first kappa shape index (κ1) is 20.4. The van der Waals surface area contributed by atoms with Gasteiger partial charge in [-0.25, -0.2) is 5.01 Å². The third-order valence-corrected chi connectivity index (χ3v) is 5.17. The number of hydrogen-bond donors (Lipinski definition) is 1. The monoisotopic (exact) mass is 417 g/mol. The maximum atomic E-state index is 13.0. The fraction of sp³-hybridized carbons (Fsp3) is 0.208. The predicted molar refractivity (Wildman–Crippen MR) is 117 cm³/mol. The van der Waals surface area contributed by atoms with Crippen molar-refractivity contribution < 1.29 is 18.7 Å². The number of amides is 1. The lowest BCUT2D eigenvalue weighted by molar-refractivity contribution is -0.131. The van der Waals surface area contributed by atoms with Gasteiger partial charge in [0.25, 0.3) is 5.91 Å². The molecule has 2 heterocycles. The minimum atomic E-state index is -0.315. The molecule has 0 saturated heterocycles. The summed E-state index contributed by atoms with van der Waals surface area (Å²) in [4.78, 5) is 24.6. The average Bonchev–Trinajstić information content (AvgIpc) is 3.48. The zero-order valence-corrected chi connectivity index (χ0v) is 17.4. The molecule has 158 valence electrons. The second kappa shape index (κ2) is 8.87. The molecule has 1 aromatic heterocycles. The second-order valence-corrected chi connectivity index (χ2v) is 7.24. The Bertz CT molecular complexity index is 1100. The highest BCUT2D eigenvalue weighted by Gasteiger charge is 2.34. The van der Waals surface area contributed by atoms with Gasteiger partial charge in [0.2, 0.25) is 0 Å². The first-order valence-corrected chi connectivity index (χ1v) is 9.97. The molecule has 0 saturated carbocycles. The van der Waals surface area contributed by atoms with E-state index in [9.17, 15) is 9.59 Å². The molecule has 0 spiro atoms. The van der Waals surface area contributed by atoms with Gasteiger partial charge in [-0.05, 0) is 61.0 Å². The SMILES string of the molecule is COc1ccc(C2=NN(C(=O)CNc3cccc(C(C)=O)c3)[C@H](c3ccco3)C2)cc1. The lowest BCUT2D eigenvalue weighted by Crippen LogP contribution is -2.32. The molecule has 3 aromatic rings. The molecule has 2 aromatic carbocycles. The zero-order valence-electron chi connectivity index (χ0n) is 17.4. The largest absolute Gasteiger partial charge is 0.497 e. The Morgan fingerprint density at radius 2 is 1.97 bits per heavy atom. The number of nitrogens with zero attached hydrogens (tertiary/aromatic N) is 2. The number of hydrazone groups is 1. The third-order valence-electron chi connectivity index (χ3n) is 5.17. The minimum Gasteiger partial charge on any atom is -0.497 e. The highest BCUT2D eigenvalue weighted by molar-refractivity contribution is 6.03. The van der Waals surface area contributed by atoms with Crippen molar-refractivity contribution in [2.45, 2.75) is 19.4 Å². The molecule has 0 aliphatic carbocycles. The summed E-state index contributed by atoms with van der Waals surface area (Å²) in [5.74, 6) is 1.22. The van der Waals surface area contributed by atoms with Gasteiger partial charge in [0.1, 0.15) is 17.6 Å². The van der Waals surface area contributed by atoms with Crippen LogP contribution >= 0.6 is 0 Å². The molecule has 1 aliphatic heterocycles. The number of carbonyl (C=O) groups is 2. The molecule has 0 radical (unpaired) electrons. The number of benzene rings is 2. The predicted octanol–water partition coefficient (Wildman–Crippen LogP) is 4.28. The van der Waals surface area contributed by atoms with E-state index < -0.39 is 0 Å². The number of hydrogen-bond acceptors (Lipinski definition) is 6. The van der Waals surface area contributed by atoms with E-state index in [0.29, 0.717) is 23.4 Å². The average molecular weight is 417 g/mol. The Morgan fingerprint density at radius 1 is 1.16 bits per heavy atom. The molecule has 0 fully saturated rings. The van der Waals surface area contributed by atoms with E-state index >= 15 is 0 Å². The van der Waals surface area contributed by atoms with Gasteiger partial charge in [-0.2, -0.15) is 5.10 Å². The highest BCUT2D eigenvalue weighted by Crippen LogP contribution is 2.33. The lowest BCUT2D eigenvalue weighted by atomic mass is 10.0. The Morgan fingerprint density at radius 3 is 2.65 bits per heavy atom. The molecule has 31 heavy (non-hydrogen) atoms. The molecule has 1 N–H and O–H groups in total. The van der Waals surface area contributed by atoms with Gasteiger partial charge in [-0.15, -0.1) is 0 Å². The molecule has 0 bridgehead atoms. The summed E-state index contributed by atoms with van der Waals surface area (Å²) >= 11 is 0. The van der Waals surface area contributed by atoms with Gasteiger partial charge in [0.05, 0.1) is 25.6 Å². The van der Waals surface area contributed by atoms with Crippen molar-refractivity contribution in [3.8, 4) is 5.75 Å². The van der Waals surface area contributed by atoms with Crippen LogP contribution in [0.2, 0.25) is 0 Å². The van der Waals surface area contributed by atoms with E-state index in [-0.39, 0.29) is 24.3 Å². The van der Waals surface area contributed by atoms with Gasteiger partial charge in [0, 0.05) is 17.7 Å². The summed E-state index contributed by atoms with van der Waals surface area (Å²) in [6.07, 6.45) is 2.14. The standard InChI is InChI=1S/C24H23N3O4/c1-16(28)18-5-3-6-19(13-18)25-15-24(29)27-22(23-7-4-12-31-23)14-21(26-27)17-8-10-20(30-2)11-9-17/h3-13,22,25H,14-15H2,1-2H3/t22-/m0/s1. The van der Waals surface area contributed by atoms with E-state index in [1.165, 1.54) is 11.9 Å². The summed E-state index contributed by atoms with van der Waals surface area (Å²) in [6, 6.07) is 18.0. The Balaban J connectivity index is 1.53. The first-order valence-electron chi connectivity index (χ1n) is 9.97. The molecule has 7 nitrogen and oxygen atoms in total. The van der Waals surface area contributed by atoms with Gasteiger partial charge in [-0.1, -0.05) is 12.1 Å². The highest BCUT2D eigenvalue weighted by atomic mass is 16.5. The number of methoxy groups -OCH3 is 1. The quantitative estimate of drug-likeness (QED) is 0.580. The van der Waals surface area contributed by atoms with Crippen LogP contribution < -0.4 is 10.1 Å². The van der Waals surface area contributed by atoms with E-state index in [2.05, 4.69) is 10.4 Å². The van der Waals surface area contributed by atoms with Crippen LogP contribution in [0.1, 0.15) is 41.1 Å². The number of ether oxygens (including phenoxy) is 1. The van der Waals surface area contributed by atoms with Crippen LogP contribution in [0.5, 0.6) is 5.75 Å². The number of rotatable bonds is 7. The molecule has 1 atom stereocenters. The Labute approximate surface area is 180 Å². The van der Waals surface area contributed by atoms with Gasteiger partial charge in [-0.3, -0.25) is 9.59 Å². The number of anilines is 1. The van der Waals surface area contributed by atoms with Gasteiger partial charge < -0.3 is 14.5 Å². The fourth-order valence-electron chi connectivity index (χ4n) is 3.51. The van der Waals surface area contributed by atoms with Crippen molar-refractivity contribution in [1.29, 1.82) is 0 Å². The second-order valence-electron chi connectivity index (χ2n) is 7.24. The van der Waals surface area contributed by atoms with Crippen LogP contribution in [-0.4, -0.2) is 36.1 Å².